The minimum Gasteiger partial charge on any atom is -0.463 e. The molecule has 4 bridgehead atoms. The summed E-state index contributed by atoms with van der Waals surface area (Å²) in [5.74, 6) is -3.78. The molecular formula is C30H45F3O6. The maximum Gasteiger partial charge on any atom is 0.309 e. The van der Waals surface area contributed by atoms with Crippen LogP contribution in [-0.4, -0.2) is 62.2 Å². The van der Waals surface area contributed by atoms with E-state index in [1.165, 1.54) is 25.7 Å². The number of carbonyl (C=O) groups is 1. The first kappa shape index (κ1) is 28.2. The van der Waals surface area contributed by atoms with Crippen LogP contribution in [0.2, 0.25) is 0 Å². The molecule has 0 amide bonds. The van der Waals surface area contributed by atoms with Gasteiger partial charge in [-0.1, -0.05) is 26.2 Å². The Kier molecular flexibility index (Phi) is 7.77. The Balaban J connectivity index is 1.05. The lowest BCUT2D eigenvalue weighted by Gasteiger charge is -2.53. The highest BCUT2D eigenvalue weighted by atomic mass is 19.3. The summed E-state index contributed by atoms with van der Waals surface area (Å²) in [4.78, 5) is 13.2. The molecule has 6 nitrogen and oxygen atoms in total. The smallest absolute Gasteiger partial charge is 0.309 e. The first-order valence-electron chi connectivity index (χ1n) is 15.3. The molecule has 0 aromatic heterocycles. The number of hydrogen-bond donors (Lipinski definition) is 0. The van der Waals surface area contributed by atoms with Gasteiger partial charge < -0.3 is 23.7 Å². The number of esters is 1. The van der Waals surface area contributed by atoms with Gasteiger partial charge in [-0.2, -0.15) is 0 Å². The molecule has 0 N–H and O–H groups in total. The van der Waals surface area contributed by atoms with Crippen molar-refractivity contribution >= 4 is 5.97 Å². The maximum absolute atomic E-state index is 14.7. The van der Waals surface area contributed by atoms with Gasteiger partial charge in [0.25, 0.3) is 0 Å². The highest BCUT2D eigenvalue weighted by molar-refractivity contribution is 5.72. The fraction of sp³-hybridized carbons (Fsp3) is 0.967. The predicted octanol–water partition coefficient (Wildman–Crippen LogP) is 6.06. The third-order valence-electron chi connectivity index (χ3n) is 10.9. The fourth-order valence-corrected chi connectivity index (χ4v) is 8.77. The van der Waals surface area contributed by atoms with E-state index in [4.69, 9.17) is 23.7 Å². The molecule has 10 unspecified atom stereocenters. The van der Waals surface area contributed by atoms with Gasteiger partial charge in [-0.15, -0.1) is 0 Å². The second kappa shape index (κ2) is 10.7. The van der Waals surface area contributed by atoms with Crippen LogP contribution in [0.1, 0.15) is 84.5 Å². The van der Waals surface area contributed by atoms with Crippen molar-refractivity contribution in [3.8, 4) is 0 Å². The summed E-state index contributed by atoms with van der Waals surface area (Å²) in [7, 11) is 0. The molecule has 39 heavy (non-hydrogen) atoms. The Bertz CT molecular complexity index is 866. The van der Waals surface area contributed by atoms with Crippen LogP contribution in [0.4, 0.5) is 13.2 Å². The molecule has 9 heteroatoms. The summed E-state index contributed by atoms with van der Waals surface area (Å²) in [6.07, 6.45) is 10.5. The van der Waals surface area contributed by atoms with Crippen molar-refractivity contribution in [1.29, 1.82) is 0 Å². The molecule has 2 aliphatic heterocycles. The van der Waals surface area contributed by atoms with Crippen molar-refractivity contribution in [3.05, 3.63) is 0 Å². The van der Waals surface area contributed by atoms with E-state index in [2.05, 4.69) is 0 Å². The van der Waals surface area contributed by atoms with Gasteiger partial charge in [-0.05, 0) is 69.6 Å². The number of halogens is 3. The first-order valence-corrected chi connectivity index (χ1v) is 15.3. The fourth-order valence-electron chi connectivity index (χ4n) is 8.77. The van der Waals surface area contributed by atoms with Gasteiger partial charge in [-0.3, -0.25) is 4.79 Å². The topological polar surface area (TPSA) is 63.2 Å². The van der Waals surface area contributed by atoms with Crippen molar-refractivity contribution < 1.29 is 41.7 Å². The molecule has 0 radical (unpaired) electrons. The van der Waals surface area contributed by atoms with Crippen molar-refractivity contribution in [1.82, 2.24) is 0 Å². The number of rotatable bonds is 4. The van der Waals surface area contributed by atoms with Crippen LogP contribution in [0, 0.1) is 41.4 Å². The standard InChI is InChI=1S/C30H45F3O6/c1-18-8-21-12-22(14-24(13-21)30(18)37-16-28(2,31)29(32,33)17-38-30)26(34)36-15-25-6-7-35-27(39-25)23-10-19-4-3-5-20(9-19)11-23/h18-25,27H,3-17H2,1-2H3. The molecule has 6 aliphatic rings. The van der Waals surface area contributed by atoms with E-state index < -0.39 is 30.6 Å². The van der Waals surface area contributed by atoms with E-state index in [0.29, 0.717) is 38.2 Å². The van der Waals surface area contributed by atoms with Crippen LogP contribution >= 0.6 is 0 Å². The SMILES string of the molecule is CC1CC2CC(C(=O)OCC3CCOC(C4CC5CCCC(C5)C4)O3)CC(C2)C12OCC(C)(F)C(F)(F)CO2. The van der Waals surface area contributed by atoms with Crippen molar-refractivity contribution in [2.24, 2.45) is 41.4 Å². The van der Waals surface area contributed by atoms with E-state index in [0.717, 1.165) is 38.0 Å². The lowest BCUT2D eigenvalue weighted by atomic mass is 9.61. The quantitative estimate of drug-likeness (QED) is 0.391. The van der Waals surface area contributed by atoms with Crippen LogP contribution in [-0.2, 0) is 28.5 Å². The van der Waals surface area contributed by atoms with Crippen LogP contribution in [0.3, 0.4) is 0 Å². The summed E-state index contributed by atoms with van der Waals surface area (Å²) in [5.41, 5.74) is -2.81. The second-order valence-electron chi connectivity index (χ2n) is 13.9. The molecule has 2 heterocycles. The molecule has 6 rings (SSSR count). The average molecular weight is 559 g/mol. The van der Waals surface area contributed by atoms with Gasteiger partial charge in [-0.25, -0.2) is 13.2 Å². The molecule has 4 saturated carbocycles. The van der Waals surface area contributed by atoms with E-state index >= 15 is 0 Å². The van der Waals surface area contributed by atoms with Crippen LogP contribution in [0.5, 0.6) is 0 Å². The Morgan fingerprint density at radius 2 is 1.64 bits per heavy atom. The molecule has 0 aromatic rings. The third kappa shape index (κ3) is 5.51. The molecule has 0 aromatic carbocycles. The highest BCUT2D eigenvalue weighted by Gasteiger charge is 2.62. The van der Waals surface area contributed by atoms with Gasteiger partial charge in [0.2, 0.25) is 0 Å². The summed E-state index contributed by atoms with van der Waals surface area (Å²) in [6, 6.07) is 0. The van der Waals surface area contributed by atoms with E-state index in [9.17, 15) is 18.0 Å². The number of alkyl halides is 3. The van der Waals surface area contributed by atoms with Crippen molar-refractivity contribution in [3.63, 3.8) is 0 Å². The summed E-state index contributed by atoms with van der Waals surface area (Å²) < 4.78 is 73.4. The van der Waals surface area contributed by atoms with Gasteiger partial charge >= 0.3 is 11.9 Å². The lowest BCUT2D eigenvalue weighted by molar-refractivity contribution is -0.314. The zero-order chi connectivity index (χ0) is 27.4. The number of fused-ring (bicyclic) bond motifs is 5. The summed E-state index contributed by atoms with van der Waals surface area (Å²) >= 11 is 0. The lowest BCUT2D eigenvalue weighted by Crippen LogP contribution is -2.56. The van der Waals surface area contributed by atoms with E-state index in [1.54, 1.807) is 0 Å². The number of ether oxygens (including phenoxy) is 5. The summed E-state index contributed by atoms with van der Waals surface area (Å²) in [6.45, 7) is 1.85. The molecule has 222 valence electrons. The van der Waals surface area contributed by atoms with Gasteiger partial charge in [0.1, 0.15) is 13.2 Å². The molecule has 10 atom stereocenters. The normalized spacial score (nSPS) is 49.7. The maximum atomic E-state index is 14.7. The average Bonchev–Trinajstić information content (AvgIpc) is 3.00. The van der Waals surface area contributed by atoms with Gasteiger partial charge in [0.05, 0.1) is 25.2 Å². The van der Waals surface area contributed by atoms with Crippen molar-refractivity contribution in [2.45, 2.75) is 114 Å². The minimum atomic E-state index is -3.64. The van der Waals surface area contributed by atoms with Gasteiger partial charge in [0, 0.05) is 24.2 Å². The Morgan fingerprint density at radius 1 is 0.897 bits per heavy atom. The number of hydrogen-bond acceptors (Lipinski definition) is 6. The summed E-state index contributed by atoms with van der Waals surface area (Å²) in [5, 5.41) is 0. The third-order valence-corrected chi connectivity index (χ3v) is 10.9. The predicted molar refractivity (Wildman–Crippen MR) is 136 cm³/mol. The first-order chi connectivity index (χ1) is 18.5. The van der Waals surface area contributed by atoms with Gasteiger partial charge in [0.15, 0.2) is 17.7 Å². The highest BCUT2D eigenvalue weighted by Crippen LogP contribution is 2.55. The molecule has 6 fully saturated rings. The molecule has 4 aliphatic carbocycles. The van der Waals surface area contributed by atoms with Crippen LogP contribution in [0.15, 0.2) is 0 Å². The zero-order valence-electron chi connectivity index (χ0n) is 23.4. The Hall–Kier alpha value is -0.900. The monoisotopic (exact) mass is 558 g/mol. The van der Waals surface area contributed by atoms with Crippen molar-refractivity contribution in [2.75, 3.05) is 26.4 Å². The molecular weight excluding hydrogens is 513 g/mol. The minimum absolute atomic E-state index is 0.171. The Morgan fingerprint density at radius 3 is 2.41 bits per heavy atom. The second-order valence-corrected chi connectivity index (χ2v) is 13.9. The molecule has 2 saturated heterocycles. The molecule has 1 spiro atoms. The van der Waals surface area contributed by atoms with E-state index in [1.807, 2.05) is 6.92 Å². The van der Waals surface area contributed by atoms with E-state index in [-0.39, 0.29) is 48.6 Å². The van der Waals surface area contributed by atoms with Crippen LogP contribution in [0.25, 0.3) is 0 Å². The zero-order valence-corrected chi connectivity index (χ0v) is 23.4. The van der Waals surface area contributed by atoms with Crippen LogP contribution < -0.4 is 0 Å². The number of carbonyl (C=O) groups excluding carboxylic acids is 1. The Labute approximate surface area is 230 Å². The largest absolute Gasteiger partial charge is 0.463 e.